The van der Waals surface area contributed by atoms with Crippen LogP contribution in [0, 0.1) is 0 Å². The van der Waals surface area contributed by atoms with E-state index < -0.39 is 11.7 Å². The first-order chi connectivity index (χ1) is 12.6. The summed E-state index contributed by atoms with van der Waals surface area (Å²) >= 11 is 1.53. The second kappa shape index (κ2) is 6.57. The summed E-state index contributed by atoms with van der Waals surface area (Å²) in [4.78, 5) is 39.6. The number of ether oxygens (including phenoxy) is 1. The molecule has 1 aliphatic carbocycles. The molecule has 0 saturated heterocycles. The first kappa shape index (κ1) is 16.8. The van der Waals surface area contributed by atoms with E-state index in [1.54, 1.807) is 4.57 Å². The predicted molar refractivity (Wildman–Crippen MR) is 99.9 cm³/mol. The lowest BCUT2D eigenvalue weighted by Crippen LogP contribution is -2.41. The van der Waals surface area contributed by atoms with Gasteiger partial charge in [-0.05, 0) is 30.4 Å². The summed E-state index contributed by atoms with van der Waals surface area (Å²) in [6.45, 7) is -0.0134. The van der Waals surface area contributed by atoms with Gasteiger partial charge in [0.25, 0.3) is 5.56 Å². The molecular formula is C19H18N2O4S. The second-order valence-corrected chi connectivity index (χ2v) is 7.44. The standard InChI is InChI=1S/C19H18N2O4S/c1-25-15(22)11-20-17(23)16-13-8-5-9-14(13)26-18(16)21(19(20)24)10-12-6-3-2-4-7-12/h2-4,6-7H,5,8-11H2,1H3. The van der Waals surface area contributed by atoms with E-state index in [2.05, 4.69) is 4.74 Å². The van der Waals surface area contributed by atoms with E-state index >= 15 is 0 Å². The number of methoxy groups -OCH3 is 1. The minimum Gasteiger partial charge on any atom is -0.468 e. The Balaban J connectivity index is 1.98. The van der Waals surface area contributed by atoms with Crippen LogP contribution in [0.4, 0.5) is 0 Å². The molecule has 0 aliphatic heterocycles. The Morgan fingerprint density at radius 1 is 1.15 bits per heavy atom. The number of aromatic nitrogens is 2. The van der Waals surface area contributed by atoms with Gasteiger partial charge in [-0.2, -0.15) is 0 Å². The molecule has 26 heavy (non-hydrogen) atoms. The van der Waals surface area contributed by atoms with Crippen LogP contribution in [-0.4, -0.2) is 22.2 Å². The van der Waals surface area contributed by atoms with Gasteiger partial charge in [0, 0.05) is 4.88 Å². The normalized spacial score (nSPS) is 13.1. The summed E-state index contributed by atoms with van der Waals surface area (Å²) in [6.07, 6.45) is 2.79. The fourth-order valence-electron chi connectivity index (χ4n) is 3.49. The first-order valence-electron chi connectivity index (χ1n) is 8.48. The van der Waals surface area contributed by atoms with Gasteiger partial charge in [-0.3, -0.25) is 14.2 Å². The molecule has 0 N–H and O–H groups in total. The maximum Gasteiger partial charge on any atom is 0.332 e. The van der Waals surface area contributed by atoms with Crippen molar-refractivity contribution >= 4 is 27.5 Å². The van der Waals surface area contributed by atoms with Crippen LogP contribution in [0.25, 0.3) is 10.2 Å². The Morgan fingerprint density at radius 2 is 1.92 bits per heavy atom. The van der Waals surface area contributed by atoms with E-state index in [0.29, 0.717) is 16.8 Å². The molecule has 0 saturated carbocycles. The number of fused-ring (bicyclic) bond motifs is 3. The molecule has 2 heterocycles. The Bertz CT molecular complexity index is 1110. The smallest absolute Gasteiger partial charge is 0.332 e. The van der Waals surface area contributed by atoms with Gasteiger partial charge in [-0.1, -0.05) is 30.3 Å². The summed E-state index contributed by atoms with van der Waals surface area (Å²) in [6, 6.07) is 9.62. The zero-order valence-corrected chi connectivity index (χ0v) is 15.2. The van der Waals surface area contributed by atoms with Crippen LogP contribution in [0.5, 0.6) is 0 Å². The van der Waals surface area contributed by atoms with Crippen molar-refractivity contribution in [3.63, 3.8) is 0 Å². The molecule has 0 radical (unpaired) electrons. The molecule has 134 valence electrons. The molecule has 0 bridgehead atoms. The first-order valence-corrected chi connectivity index (χ1v) is 9.30. The maximum atomic E-state index is 13.0. The lowest BCUT2D eigenvalue weighted by molar-refractivity contribution is -0.141. The van der Waals surface area contributed by atoms with E-state index in [1.807, 2.05) is 30.3 Å². The molecule has 2 aromatic heterocycles. The average molecular weight is 370 g/mol. The van der Waals surface area contributed by atoms with Crippen molar-refractivity contribution in [2.45, 2.75) is 32.4 Å². The zero-order valence-electron chi connectivity index (χ0n) is 14.4. The van der Waals surface area contributed by atoms with E-state index in [0.717, 1.165) is 35.0 Å². The Morgan fingerprint density at radius 3 is 2.65 bits per heavy atom. The molecular weight excluding hydrogens is 352 g/mol. The number of esters is 1. The highest BCUT2D eigenvalue weighted by Crippen LogP contribution is 2.35. The summed E-state index contributed by atoms with van der Waals surface area (Å²) in [5.41, 5.74) is 1.14. The van der Waals surface area contributed by atoms with Crippen molar-refractivity contribution in [3.05, 3.63) is 67.2 Å². The Hall–Kier alpha value is -2.67. The van der Waals surface area contributed by atoms with Gasteiger partial charge in [0.05, 0.1) is 19.0 Å². The van der Waals surface area contributed by atoms with Gasteiger partial charge < -0.3 is 4.74 Å². The maximum absolute atomic E-state index is 13.0. The number of aryl methyl sites for hydroxylation is 2. The van der Waals surface area contributed by atoms with Crippen molar-refractivity contribution in [1.29, 1.82) is 0 Å². The number of nitrogens with zero attached hydrogens (tertiary/aromatic N) is 2. The van der Waals surface area contributed by atoms with Gasteiger partial charge in [0.1, 0.15) is 11.4 Å². The number of rotatable bonds is 4. The monoisotopic (exact) mass is 370 g/mol. The van der Waals surface area contributed by atoms with Crippen molar-refractivity contribution in [2.75, 3.05) is 7.11 Å². The highest BCUT2D eigenvalue weighted by Gasteiger charge is 2.25. The molecule has 0 fully saturated rings. The lowest BCUT2D eigenvalue weighted by atomic mass is 10.2. The minimum absolute atomic E-state index is 0.358. The fourth-order valence-corrected chi connectivity index (χ4v) is 4.87. The highest BCUT2D eigenvalue weighted by atomic mass is 32.1. The average Bonchev–Trinajstić information content (AvgIpc) is 3.24. The van der Waals surface area contributed by atoms with Crippen LogP contribution in [0.2, 0.25) is 0 Å². The van der Waals surface area contributed by atoms with Crippen molar-refractivity contribution < 1.29 is 9.53 Å². The predicted octanol–water partition coefficient (Wildman–Crippen LogP) is 1.93. The van der Waals surface area contributed by atoms with E-state index in [4.69, 9.17) is 0 Å². The molecule has 6 nitrogen and oxygen atoms in total. The molecule has 0 unspecified atom stereocenters. The van der Waals surface area contributed by atoms with E-state index in [9.17, 15) is 14.4 Å². The van der Waals surface area contributed by atoms with Crippen LogP contribution in [0.1, 0.15) is 22.4 Å². The number of carbonyl (C=O) groups is 1. The summed E-state index contributed by atoms with van der Waals surface area (Å²) in [7, 11) is 1.25. The van der Waals surface area contributed by atoms with Crippen LogP contribution < -0.4 is 11.2 Å². The largest absolute Gasteiger partial charge is 0.468 e. The third-order valence-electron chi connectivity index (χ3n) is 4.77. The minimum atomic E-state index is -0.610. The number of benzene rings is 1. The molecule has 0 spiro atoms. The van der Waals surface area contributed by atoms with Crippen molar-refractivity contribution in [1.82, 2.24) is 9.13 Å². The molecule has 7 heteroatoms. The molecule has 0 amide bonds. The summed E-state index contributed by atoms with van der Waals surface area (Å²) in [5, 5.41) is 0.585. The number of hydrogen-bond acceptors (Lipinski definition) is 5. The van der Waals surface area contributed by atoms with Crippen LogP contribution in [-0.2, 0) is 35.5 Å². The van der Waals surface area contributed by atoms with Gasteiger partial charge in [0.2, 0.25) is 0 Å². The van der Waals surface area contributed by atoms with Gasteiger partial charge in [-0.15, -0.1) is 11.3 Å². The lowest BCUT2D eigenvalue weighted by Gasteiger charge is -2.12. The molecule has 3 aromatic rings. The summed E-state index contributed by atoms with van der Waals surface area (Å²) in [5.74, 6) is -0.610. The van der Waals surface area contributed by atoms with Gasteiger partial charge in [0.15, 0.2) is 0 Å². The van der Waals surface area contributed by atoms with Crippen LogP contribution >= 0.6 is 11.3 Å². The quantitative estimate of drug-likeness (QED) is 0.658. The molecule has 0 atom stereocenters. The van der Waals surface area contributed by atoms with Crippen LogP contribution in [0.15, 0.2) is 39.9 Å². The Kier molecular flexibility index (Phi) is 4.24. The Labute approximate surface area is 153 Å². The SMILES string of the molecule is COC(=O)Cn1c(=O)c2c3c(sc2n(Cc2ccccc2)c1=O)CCC3. The highest BCUT2D eigenvalue weighted by molar-refractivity contribution is 7.18. The van der Waals surface area contributed by atoms with Crippen LogP contribution in [0.3, 0.4) is 0 Å². The zero-order chi connectivity index (χ0) is 18.3. The molecule has 4 rings (SSSR count). The number of carbonyl (C=O) groups excluding carboxylic acids is 1. The van der Waals surface area contributed by atoms with Crippen molar-refractivity contribution in [3.8, 4) is 0 Å². The summed E-state index contributed by atoms with van der Waals surface area (Å²) < 4.78 is 7.28. The number of thiophene rings is 1. The second-order valence-electron chi connectivity index (χ2n) is 6.36. The third-order valence-corrected chi connectivity index (χ3v) is 6.08. The van der Waals surface area contributed by atoms with Gasteiger partial charge in [-0.25, -0.2) is 9.36 Å². The van der Waals surface area contributed by atoms with Crippen molar-refractivity contribution in [2.24, 2.45) is 0 Å². The molecule has 1 aliphatic rings. The molecule has 1 aromatic carbocycles. The fraction of sp³-hybridized carbons (Fsp3) is 0.316. The van der Waals surface area contributed by atoms with E-state index in [-0.39, 0.29) is 12.1 Å². The van der Waals surface area contributed by atoms with Gasteiger partial charge >= 0.3 is 11.7 Å². The third kappa shape index (κ3) is 2.68. The van der Waals surface area contributed by atoms with E-state index in [1.165, 1.54) is 23.3 Å². The topological polar surface area (TPSA) is 70.3 Å². The number of hydrogen-bond donors (Lipinski definition) is 0.